The zero-order chi connectivity index (χ0) is 16.3. The fraction of sp³-hybridized carbons (Fsp3) is 0.368. The van der Waals surface area contributed by atoms with Crippen LogP contribution < -0.4 is 10.5 Å². The Morgan fingerprint density at radius 1 is 1.09 bits per heavy atom. The molecular formula is C19H21BrFNO. The topological polar surface area (TPSA) is 35.2 Å². The molecule has 1 aliphatic carbocycles. The van der Waals surface area contributed by atoms with Gasteiger partial charge in [-0.05, 0) is 52.0 Å². The maximum Gasteiger partial charge on any atom is 0.169 e. The van der Waals surface area contributed by atoms with E-state index in [9.17, 15) is 4.39 Å². The molecule has 0 saturated heterocycles. The summed E-state index contributed by atoms with van der Waals surface area (Å²) in [5, 5.41) is 0. The van der Waals surface area contributed by atoms with Gasteiger partial charge in [-0.3, -0.25) is 0 Å². The molecule has 0 aromatic heterocycles. The second-order valence-electron chi connectivity index (χ2n) is 6.26. The van der Waals surface area contributed by atoms with Crippen molar-refractivity contribution >= 4 is 15.9 Å². The molecule has 1 aliphatic rings. The lowest BCUT2D eigenvalue weighted by Gasteiger charge is -2.34. The van der Waals surface area contributed by atoms with Gasteiger partial charge in [0.1, 0.15) is 6.61 Å². The standard InChI is InChI=1S/C19H21BrFNO/c20-16-11-15(19(22)9-5-2-6-10-19)12-17(21)18(16)23-13-14-7-3-1-4-8-14/h1,3-4,7-8,11-12H,2,5-6,9-10,13,22H2. The van der Waals surface area contributed by atoms with Crippen molar-refractivity contribution in [2.75, 3.05) is 0 Å². The maximum absolute atomic E-state index is 14.5. The van der Waals surface area contributed by atoms with E-state index >= 15 is 0 Å². The highest BCUT2D eigenvalue weighted by Gasteiger charge is 2.31. The van der Waals surface area contributed by atoms with Crippen LogP contribution >= 0.6 is 15.9 Å². The first kappa shape index (κ1) is 16.5. The van der Waals surface area contributed by atoms with E-state index in [1.165, 1.54) is 12.5 Å². The SMILES string of the molecule is NC1(c2cc(F)c(OCc3ccccc3)c(Br)c2)CCCCC1. The van der Waals surface area contributed by atoms with Crippen LogP contribution in [0.5, 0.6) is 5.75 Å². The minimum atomic E-state index is -0.417. The number of hydrogen-bond donors (Lipinski definition) is 1. The summed E-state index contributed by atoms with van der Waals surface area (Å²) in [7, 11) is 0. The highest BCUT2D eigenvalue weighted by atomic mass is 79.9. The normalized spacial score (nSPS) is 17.0. The summed E-state index contributed by atoms with van der Waals surface area (Å²) in [5.41, 5.74) is 7.95. The van der Waals surface area contributed by atoms with Gasteiger partial charge in [0, 0.05) is 5.54 Å². The average molecular weight is 378 g/mol. The molecular weight excluding hydrogens is 357 g/mol. The van der Waals surface area contributed by atoms with Gasteiger partial charge < -0.3 is 10.5 Å². The van der Waals surface area contributed by atoms with Crippen molar-refractivity contribution in [3.8, 4) is 5.75 Å². The van der Waals surface area contributed by atoms with E-state index in [0.717, 1.165) is 36.8 Å². The van der Waals surface area contributed by atoms with Crippen molar-refractivity contribution in [2.24, 2.45) is 5.73 Å². The highest BCUT2D eigenvalue weighted by Crippen LogP contribution is 2.39. The fourth-order valence-electron chi connectivity index (χ4n) is 3.19. The molecule has 2 nitrogen and oxygen atoms in total. The van der Waals surface area contributed by atoms with Crippen LogP contribution in [0.2, 0.25) is 0 Å². The third-order valence-electron chi connectivity index (χ3n) is 4.54. The molecule has 122 valence electrons. The van der Waals surface area contributed by atoms with Crippen molar-refractivity contribution < 1.29 is 9.13 Å². The Bertz CT molecular complexity index is 645. The Morgan fingerprint density at radius 2 is 1.78 bits per heavy atom. The first-order valence-corrected chi connectivity index (χ1v) is 8.83. The molecule has 3 rings (SSSR count). The zero-order valence-electron chi connectivity index (χ0n) is 13.0. The minimum Gasteiger partial charge on any atom is -0.485 e. The van der Waals surface area contributed by atoms with E-state index in [4.69, 9.17) is 10.5 Å². The summed E-state index contributed by atoms with van der Waals surface area (Å²) < 4.78 is 20.8. The molecule has 0 bridgehead atoms. The molecule has 0 amide bonds. The zero-order valence-corrected chi connectivity index (χ0v) is 14.6. The third-order valence-corrected chi connectivity index (χ3v) is 5.13. The summed E-state index contributed by atoms with van der Waals surface area (Å²) >= 11 is 3.44. The van der Waals surface area contributed by atoms with E-state index in [1.54, 1.807) is 0 Å². The van der Waals surface area contributed by atoms with Crippen molar-refractivity contribution in [3.05, 3.63) is 63.9 Å². The predicted octanol–water partition coefficient (Wildman–Crippen LogP) is 5.29. The van der Waals surface area contributed by atoms with Gasteiger partial charge in [0.2, 0.25) is 0 Å². The first-order chi connectivity index (χ1) is 11.1. The Labute approximate surface area is 145 Å². The molecule has 0 atom stereocenters. The van der Waals surface area contributed by atoms with Crippen molar-refractivity contribution in [1.29, 1.82) is 0 Å². The molecule has 23 heavy (non-hydrogen) atoms. The summed E-state index contributed by atoms with van der Waals surface area (Å²) in [5.74, 6) is -0.113. The van der Waals surface area contributed by atoms with Crippen LogP contribution in [0.1, 0.15) is 43.2 Å². The highest BCUT2D eigenvalue weighted by molar-refractivity contribution is 9.10. The van der Waals surface area contributed by atoms with E-state index in [1.807, 2.05) is 36.4 Å². The van der Waals surface area contributed by atoms with Crippen molar-refractivity contribution in [3.63, 3.8) is 0 Å². The van der Waals surface area contributed by atoms with Gasteiger partial charge >= 0.3 is 0 Å². The number of halogens is 2. The maximum atomic E-state index is 14.5. The van der Waals surface area contributed by atoms with Gasteiger partial charge in [0.25, 0.3) is 0 Å². The van der Waals surface area contributed by atoms with Crippen LogP contribution in [-0.2, 0) is 12.1 Å². The predicted molar refractivity (Wildman–Crippen MR) is 93.8 cm³/mol. The Kier molecular flexibility index (Phi) is 5.02. The number of benzene rings is 2. The molecule has 0 unspecified atom stereocenters. The molecule has 2 aromatic rings. The molecule has 2 aromatic carbocycles. The van der Waals surface area contributed by atoms with Gasteiger partial charge in [0.05, 0.1) is 4.47 Å². The van der Waals surface area contributed by atoms with Crippen molar-refractivity contribution in [2.45, 2.75) is 44.2 Å². The second-order valence-corrected chi connectivity index (χ2v) is 7.11. The van der Waals surface area contributed by atoms with E-state index in [-0.39, 0.29) is 11.6 Å². The summed E-state index contributed by atoms with van der Waals surface area (Å²) in [4.78, 5) is 0. The molecule has 2 N–H and O–H groups in total. The van der Waals surface area contributed by atoms with Crippen LogP contribution in [0.25, 0.3) is 0 Å². The van der Waals surface area contributed by atoms with Gasteiger partial charge in [-0.25, -0.2) is 4.39 Å². The molecule has 4 heteroatoms. The molecule has 0 heterocycles. The number of nitrogens with two attached hydrogens (primary N) is 1. The van der Waals surface area contributed by atoms with E-state index in [0.29, 0.717) is 11.1 Å². The summed E-state index contributed by atoms with van der Waals surface area (Å²) in [6, 6.07) is 13.2. The monoisotopic (exact) mass is 377 g/mol. The molecule has 1 saturated carbocycles. The average Bonchev–Trinajstić information content (AvgIpc) is 2.55. The molecule has 1 fully saturated rings. The van der Waals surface area contributed by atoms with Crippen LogP contribution in [-0.4, -0.2) is 0 Å². The number of ether oxygens (including phenoxy) is 1. The quantitative estimate of drug-likeness (QED) is 0.785. The fourth-order valence-corrected chi connectivity index (χ4v) is 3.74. The first-order valence-electron chi connectivity index (χ1n) is 8.04. The Morgan fingerprint density at radius 3 is 2.43 bits per heavy atom. The number of rotatable bonds is 4. The second kappa shape index (κ2) is 7.02. The van der Waals surface area contributed by atoms with E-state index in [2.05, 4.69) is 15.9 Å². The van der Waals surface area contributed by atoms with Crippen molar-refractivity contribution in [1.82, 2.24) is 0 Å². The van der Waals surface area contributed by atoms with Gasteiger partial charge in [-0.1, -0.05) is 49.6 Å². The van der Waals surface area contributed by atoms with Crippen LogP contribution in [0.3, 0.4) is 0 Å². The van der Waals surface area contributed by atoms with Crippen LogP contribution in [0.4, 0.5) is 4.39 Å². The molecule has 0 spiro atoms. The van der Waals surface area contributed by atoms with Gasteiger partial charge in [0.15, 0.2) is 11.6 Å². The van der Waals surface area contributed by atoms with E-state index < -0.39 is 5.54 Å². The lowest BCUT2D eigenvalue weighted by molar-refractivity contribution is 0.282. The summed E-state index contributed by atoms with van der Waals surface area (Å²) in [6.07, 6.45) is 5.22. The van der Waals surface area contributed by atoms with Crippen LogP contribution in [0, 0.1) is 5.82 Å². The van der Waals surface area contributed by atoms with Gasteiger partial charge in [-0.2, -0.15) is 0 Å². The number of hydrogen-bond acceptors (Lipinski definition) is 2. The Hall–Kier alpha value is -1.39. The summed E-state index contributed by atoms with van der Waals surface area (Å²) in [6.45, 7) is 0.337. The Balaban J connectivity index is 1.80. The molecule has 0 radical (unpaired) electrons. The van der Waals surface area contributed by atoms with Crippen LogP contribution in [0.15, 0.2) is 46.9 Å². The third kappa shape index (κ3) is 3.75. The smallest absolute Gasteiger partial charge is 0.169 e. The minimum absolute atomic E-state index is 0.247. The van der Waals surface area contributed by atoms with Gasteiger partial charge in [-0.15, -0.1) is 0 Å². The molecule has 0 aliphatic heterocycles. The lowest BCUT2D eigenvalue weighted by Crippen LogP contribution is -2.38. The lowest BCUT2D eigenvalue weighted by atomic mass is 9.77. The largest absolute Gasteiger partial charge is 0.485 e.